The van der Waals surface area contributed by atoms with Gasteiger partial charge >= 0.3 is 0 Å². The van der Waals surface area contributed by atoms with Gasteiger partial charge in [0.15, 0.2) is 0 Å². The average molecular weight is 404 g/mol. The van der Waals surface area contributed by atoms with Gasteiger partial charge in [-0.3, -0.25) is 9.69 Å². The Balaban J connectivity index is 1.69. The summed E-state index contributed by atoms with van der Waals surface area (Å²) in [5, 5.41) is 14.6. The molecule has 0 saturated carbocycles. The zero-order chi connectivity index (χ0) is 20.1. The predicted molar refractivity (Wildman–Crippen MR) is 106 cm³/mol. The van der Waals surface area contributed by atoms with Crippen LogP contribution < -0.4 is 5.14 Å². The highest BCUT2D eigenvalue weighted by Gasteiger charge is 2.29. The number of carbonyl (C=O) groups is 1. The highest BCUT2D eigenvalue weighted by atomic mass is 32.2. The molecule has 1 amide bonds. The first-order valence-corrected chi connectivity index (χ1v) is 10.7. The van der Waals surface area contributed by atoms with Crippen LogP contribution in [0.5, 0.6) is 0 Å². The Hall–Kier alpha value is -2.26. The lowest BCUT2D eigenvalue weighted by Gasteiger charge is -2.41. The molecule has 0 bridgehead atoms. The Morgan fingerprint density at radius 1 is 1.07 bits per heavy atom. The molecule has 0 spiro atoms. The van der Waals surface area contributed by atoms with Crippen molar-refractivity contribution in [3.8, 4) is 0 Å². The van der Waals surface area contributed by atoms with Crippen LogP contribution in [0.1, 0.15) is 22.3 Å². The highest BCUT2D eigenvalue weighted by molar-refractivity contribution is 7.89. The summed E-state index contributed by atoms with van der Waals surface area (Å²) in [4.78, 5) is 16.9. The smallest absolute Gasteiger partial charge is 0.253 e. The van der Waals surface area contributed by atoms with Gasteiger partial charge in [-0.15, -0.1) is 0 Å². The molecule has 3 rings (SSSR count). The molecule has 1 atom stereocenters. The Morgan fingerprint density at radius 2 is 1.75 bits per heavy atom. The van der Waals surface area contributed by atoms with Gasteiger partial charge < -0.3 is 10.0 Å². The molecule has 1 unspecified atom stereocenters. The zero-order valence-corrected chi connectivity index (χ0v) is 16.4. The van der Waals surface area contributed by atoms with E-state index in [1.807, 2.05) is 18.2 Å². The third-order valence-corrected chi connectivity index (χ3v) is 5.94. The maximum absolute atomic E-state index is 12.8. The van der Waals surface area contributed by atoms with Crippen LogP contribution in [0.25, 0.3) is 0 Å². The number of benzene rings is 2. The fraction of sp³-hybridized carbons (Fsp3) is 0.350. The number of hydrogen-bond acceptors (Lipinski definition) is 5. The number of hydrogen-bond donors (Lipinski definition) is 2. The summed E-state index contributed by atoms with van der Waals surface area (Å²) in [6, 6.07) is 15.8. The third kappa shape index (κ3) is 4.96. The Morgan fingerprint density at radius 3 is 2.36 bits per heavy atom. The summed E-state index contributed by atoms with van der Waals surface area (Å²) in [7, 11) is -3.78. The van der Waals surface area contributed by atoms with Crippen LogP contribution in [0, 0.1) is 0 Å². The molecular weight excluding hydrogens is 378 g/mol. The van der Waals surface area contributed by atoms with Crippen molar-refractivity contribution in [1.29, 1.82) is 0 Å². The van der Waals surface area contributed by atoms with E-state index in [9.17, 15) is 18.3 Å². The molecular formula is C20H25N3O4S. The van der Waals surface area contributed by atoms with Crippen LogP contribution in [0.2, 0.25) is 0 Å². The quantitative estimate of drug-likeness (QED) is 0.750. The normalized spacial score (nSPS) is 18.2. The first-order chi connectivity index (χ1) is 13.4. The molecule has 1 heterocycles. The van der Waals surface area contributed by atoms with Gasteiger partial charge in [-0.2, -0.15) is 0 Å². The lowest BCUT2D eigenvalue weighted by atomic mass is 10.1. The van der Waals surface area contributed by atoms with Gasteiger partial charge in [0.2, 0.25) is 10.0 Å². The maximum atomic E-state index is 12.8. The molecule has 2 aromatic rings. The molecule has 28 heavy (non-hydrogen) atoms. The Labute approximate surface area is 165 Å². The molecule has 3 N–H and O–H groups in total. The van der Waals surface area contributed by atoms with E-state index in [1.54, 1.807) is 4.90 Å². The van der Waals surface area contributed by atoms with Crippen LogP contribution in [0.4, 0.5) is 0 Å². The standard InChI is InChI=1S/C20H25N3O4S/c21-28(26,27)19-8-6-17(7-9-19)20(25)23-12-11-22(18(15-23)10-13-24)14-16-4-2-1-3-5-16/h1-9,18,24H,10-15H2,(H2,21,26,27). The number of primary sulfonamides is 1. The first-order valence-electron chi connectivity index (χ1n) is 9.19. The Bertz CT molecular complexity index is 901. The largest absolute Gasteiger partial charge is 0.396 e. The van der Waals surface area contributed by atoms with E-state index in [4.69, 9.17) is 5.14 Å². The zero-order valence-electron chi connectivity index (χ0n) is 15.6. The summed E-state index contributed by atoms with van der Waals surface area (Å²) < 4.78 is 22.7. The first kappa shape index (κ1) is 20.5. The van der Waals surface area contributed by atoms with Crippen LogP contribution in [0.15, 0.2) is 59.5 Å². The molecule has 2 aromatic carbocycles. The monoisotopic (exact) mass is 403 g/mol. The fourth-order valence-electron chi connectivity index (χ4n) is 3.50. The molecule has 8 heteroatoms. The van der Waals surface area contributed by atoms with Crippen molar-refractivity contribution < 1.29 is 18.3 Å². The van der Waals surface area contributed by atoms with Crippen molar-refractivity contribution in [2.24, 2.45) is 5.14 Å². The SMILES string of the molecule is NS(=O)(=O)c1ccc(C(=O)N2CCN(Cc3ccccc3)C(CCO)C2)cc1. The molecule has 0 aromatic heterocycles. The lowest BCUT2D eigenvalue weighted by Crippen LogP contribution is -2.54. The van der Waals surface area contributed by atoms with E-state index in [1.165, 1.54) is 29.8 Å². The second-order valence-electron chi connectivity index (χ2n) is 6.94. The minimum absolute atomic E-state index is 0.0186. The number of aliphatic hydroxyl groups excluding tert-OH is 1. The molecule has 1 aliphatic rings. The summed E-state index contributed by atoms with van der Waals surface area (Å²) >= 11 is 0. The highest BCUT2D eigenvalue weighted by Crippen LogP contribution is 2.19. The molecule has 0 radical (unpaired) electrons. The molecule has 1 aliphatic heterocycles. The van der Waals surface area contributed by atoms with Gasteiger partial charge in [0, 0.05) is 44.4 Å². The summed E-state index contributed by atoms with van der Waals surface area (Å²) in [6.45, 7) is 2.63. The number of aliphatic hydroxyl groups is 1. The molecule has 1 saturated heterocycles. The molecule has 7 nitrogen and oxygen atoms in total. The lowest BCUT2D eigenvalue weighted by molar-refractivity contribution is 0.0395. The van der Waals surface area contributed by atoms with Crippen LogP contribution in [-0.2, 0) is 16.6 Å². The summed E-state index contributed by atoms with van der Waals surface area (Å²) in [5.74, 6) is -0.150. The van der Waals surface area contributed by atoms with Crippen LogP contribution in [0.3, 0.4) is 0 Å². The summed E-state index contributed by atoms with van der Waals surface area (Å²) in [6.07, 6.45) is 0.584. The van der Waals surface area contributed by atoms with Gasteiger partial charge in [0.1, 0.15) is 0 Å². The topological polar surface area (TPSA) is 104 Å². The number of nitrogens with zero attached hydrogens (tertiary/aromatic N) is 2. The van der Waals surface area contributed by atoms with Gasteiger partial charge in [0.25, 0.3) is 5.91 Å². The Kier molecular flexibility index (Phi) is 6.46. The third-order valence-electron chi connectivity index (χ3n) is 5.01. The van der Waals surface area contributed by atoms with Crippen molar-refractivity contribution in [1.82, 2.24) is 9.80 Å². The van der Waals surface area contributed by atoms with E-state index in [2.05, 4.69) is 17.0 Å². The number of nitrogens with two attached hydrogens (primary N) is 1. The van der Waals surface area contributed by atoms with Gasteiger partial charge in [0.05, 0.1) is 4.90 Å². The second kappa shape index (κ2) is 8.83. The fourth-order valence-corrected chi connectivity index (χ4v) is 4.01. The number of carbonyl (C=O) groups excluding carboxylic acids is 1. The number of amides is 1. The van der Waals surface area contributed by atoms with Crippen LogP contribution in [-0.4, -0.2) is 61.5 Å². The van der Waals surface area contributed by atoms with Gasteiger partial charge in [-0.1, -0.05) is 30.3 Å². The van der Waals surface area contributed by atoms with Crippen molar-refractivity contribution in [3.63, 3.8) is 0 Å². The predicted octanol–water partition coefficient (Wildman–Crippen LogP) is 1.04. The van der Waals surface area contributed by atoms with Crippen molar-refractivity contribution >= 4 is 15.9 Å². The van der Waals surface area contributed by atoms with E-state index in [0.29, 0.717) is 31.6 Å². The van der Waals surface area contributed by atoms with Crippen LogP contribution >= 0.6 is 0 Å². The van der Waals surface area contributed by atoms with Gasteiger partial charge in [-0.05, 0) is 36.2 Å². The van der Waals surface area contributed by atoms with Crippen molar-refractivity contribution in [3.05, 3.63) is 65.7 Å². The summed E-state index contributed by atoms with van der Waals surface area (Å²) in [5.41, 5.74) is 1.62. The van der Waals surface area contributed by atoms with Crippen molar-refractivity contribution in [2.45, 2.75) is 23.9 Å². The van der Waals surface area contributed by atoms with E-state index in [-0.39, 0.29) is 23.5 Å². The average Bonchev–Trinajstić information content (AvgIpc) is 2.69. The minimum atomic E-state index is -3.78. The molecule has 0 aliphatic carbocycles. The van der Waals surface area contributed by atoms with E-state index < -0.39 is 10.0 Å². The molecule has 150 valence electrons. The number of rotatable bonds is 6. The van der Waals surface area contributed by atoms with Gasteiger partial charge in [-0.25, -0.2) is 13.6 Å². The number of piperazine rings is 1. The molecule has 1 fully saturated rings. The minimum Gasteiger partial charge on any atom is -0.396 e. The van der Waals surface area contributed by atoms with E-state index in [0.717, 1.165) is 6.54 Å². The van der Waals surface area contributed by atoms with E-state index >= 15 is 0 Å². The maximum Gasteiger partial charge on any atom is 0.253 e. The number of sulfonamides is 1. The second-order valence-corrected chi connectivity index (χ2v) is 8.50. The van der Waals surface area contributed by atoms with Crippen molar-refractivity contribution in [2.75, 3.05) is 26.2 Å².